The van der Waals surface area contributed by atoms with Crippen LogP contribution in [0.15, 0.2) is 114 Å². The molecule has 1 heterocycles. The Morgan fingerprint density at radius 1 is 0.743 bits per heavy atom. The minimum atomic E-state index is -0.369. The Labute approximate surface area is 203 Å². The molecule has 0 unspecified atom stereocenters. The number of nitrogens with one attached hydrogen (secondary N) is 1. The zero-order valence-corrected chi connectivity index (χ0v) is 19.1. The van der Waals surface area contributed by atoms with Crippen molar-refractivity contribution in [2.24, 2.45) is 0 Å². The second-order valence-corrected chi connectivity index (χ2v) is 8.38. The summed E-state index contributed by atoms with van der Waals surface area (Å²) in [5.41, 5.74) is 4.84. The number of fused-ring (bicyclic) bond motifs is 1. The average Bonchev–Trinajstić information content (AvgIpc) is 3.26. The van der Waals surface area contributed by atoms with Crippen LogP contribution in [-0.4, -0.2) is 4.92 Å². The Morgan fingerprint density at radius 3 is 1.83 bits per heavy atom. The van der Waals surface area contributed by atoms with Gasteiger partial charge in [-0.05, 0) is 22.8 Å². The Hall–Kier alpha value is -4.58. The lowest BCUT2D eigenvalue weighted by Crippen LogP contribution is -2.23. The van der Waals surface area contributed by atoms with E-state index in [1.165, 1.54) is 6.07 Å². The van der Waals surface area contributed by atoms with E-state index in [0.29, 0.717) is 36.5 Å². The van der Waals surface area contributed by atoms with Gasteiger partial charge in [-0.3, -0.25) is 10.1 Å². The molecule has 35 heavy (non-hydrogen) atoms. The van der Waals surface area contributed by atoms with Gasteiger partial charge in [-0.2, -0.15) is 0 Å². The van der Waals surface area contributed by atoms with Crippen LogP contribution in [0.2, 0.25) is 0 Å². The van der Waals surface area contributed by atoms with E-state index in [9.17, 15) is 10.1 Å². The van der Waals surface area contributed by atoms with Crippen LogP contribution in [0.3, 0.4) is 0 Å². The highest BCUT2D eigenvalue weighted by atomic mass is 16.6. The number of hydrogen-bond donors (Lipinski definition) is 1. The summed E-state index contributed by atoms with van der Waals surface area (Å²) in [7, 11) is 0. The quantitative estimate of drug-likeness (QED) is 0.185. The summed E-state index contributed by atoms with van der Waals surface area (Å²) in [6.45, 7) is 1.81. The van der Waals surface area contributed by atoms with Crippen LogP contribution in [0.25, 0.3) is 11.0 Å². The molecular formula is C29H25N3O3. The summed E-state index contributed by atoms with van der Waals surface area (Å²) in [6.07, 6.45) is 0. The lowest BCUT2D eigenvalue weighted by molar-refractivity contribution is -0.384. The first-order valence-electron chi connectivity index (χ1n) is 11.5. The molecule has 5 aromatic rings. The zero-order chi connectivity index (χ0) is 24.0. The third-order valence-corrected chi connectivity index (χ3v) is 5.90. The zero-order valence-electron chi connectivity index (χ0n) is 19.1. The Morgan fingerprint density at radius 2 is 1.29 bits per heavy atom. The maximum Gasteiger partial charge on any atom is 0.270 e. The number of hydrogen-bond acceptors (Lipinski definition) is 5. The van der Waals surface area contributed by atoms with Gasteiger partial charge in [0.25, 0.3) is 5.69 Å². The molecule has 0 radical (unpaired) electrons. The first kappa shape index (κ1) is 22.2. The highest BCUT2D eigenvalue weighted by Crippen LogP contribution is 2.41. The maximum absolute atomic E-state index is 11.6. The van der Waals surface area contributed by atoms with Crippen molar-refractivity contribution >= 4 is 28.2 Å². The molecule has 0 spiro atoms. The lowest BCUT2D eigenvalue weighted by atomic mass is 10.1. The molecule has 0 aliphatic heterocycles. The first-order chi connectivity index (χ1) is 17.2. The standard InChI is InChI=1S/C29H25N3O3/c33-32(34)25-16-17-27-26(18-25)28(29(35-27)30-19-22-10-4-1-5-11-22)31(20-23-12-6-2-7-13-23)21-24-14-8-3-9-15-24/h1-18,30H,19-21H2. The van der Waals surface area contributed by atoms with E-state index in [1.54, 1.807) is 12.1 Å². The molecule has 4 aromatic carbocycles. The predicted molar refractivity (Wildman–Crippen MR) is 139 cm³/mol. The molecule has 5 rings (SSSR count). The third-order valence-electron chi connectivity index (χ3n) is 5.90. The van der Waals surface area contributed by atoms with Gasteiger partial charge in [-0.1, -0.05) is 91.0 Å². The third kappa shape index (κ3) is 5.17. The lowest BCUT2D eigenvalue weighted by Gasteiger charge is -2.25. The van der Waals surface area contributed by atoms with Crippen molar-refractivity contribution < 1.29 is 9.34 Å². The number of non-ortho nitro benzene ring substituents is 1. The molecule has 6 nitrogen and oxygen atoms in total. The van der Waals surface area contributed by atoms with E-state index in [0.717, 1.165) is 22.4 Å². The van der Waals surface area contributed by atoms with Crippen LogP contribution in [0.5, 0.6) is 0 Å². The van der Waals surface area contributed by atoms with Crippen molar-refractivity contribution in [1.29, 1.82) is 0 Å². The van der Waals surface area contributed by atoms with Crippen LogP contribution in [0, 0.1) is 10.1 Å². The van der Waals surface area contributed by atoms with Gasteiger partial charge in [0.15, 0.2) is 0 Å². The summed E-state index contributed by atoms with van der Waals surface area (Å²) in [5.74, 6) is 0.594. The molecule has 0 saturated heterocycles. The average molecular weight is 464 g/mol. The van der Waals surface area contributed by atoms with Gasteiger partial charge in [0.1, 0.15) is 11.3 Å². The topological polar surface area (TPSA) is 71.5 Å². The van der Waals surface area contributed by atoms with Gasteiger partial charge in [0, 0.05) is 31.8 Å². The molecular weight excluding hydrogens is 438 g/mol. The molecule has 0 bridgehead atoms. The molecule has 0 amide bonds. The van der Waals surface area contributed by atoms with E-state index in [-0.39, 0.29) is 10.6 Å². The van der Waals surface area contributed by atoms with Crippen LogP contribution in [-0.2, 0) is 19.6 Å². The van der Waals surface area contributed by atoms with Crippen molar-refractivity contribution in [2.75, 3.05) is 10.2 Å². The van der Waals surface area contributed by atoms with Crippen molar-refractivity contribution in [3.05, 3.63) is 136 Å². The number of benzene rings is 4. The predicted octanol–water partition coefficient (Wildman–Crippen LogP) is 7.16. The Bertz CT molecular complexity index is 1380. The summed E-state index contributed by atoms with van der Waals surface area (Å²) in [5, 5.41) is 15.7. The van der Waals surface area contributed by atoms with Crippen LogP contribution in [0.1, 0.15) is 16.7 Å². The smallest absolute Gasteiger partial charge is 0.270 e. The first-order valence-corrected chi connectivity index (χ1v) is 11.5. The molecule has 0 saturated carbocycles. The molecule has 0 atom stereocenters. The fourth-order valence-corrected chi connectivity index (χ4v) is 4.22. The summed E-state index contributed by atoms with van der Waals surface area (Å²) in [4.78, 5) is 13.4. The molecule has 1 aromatic heterocycles. The summed E-state index contributed by atoms with van der Waals surface area (Å²) >= 11 is 0. The van der Waals surface area contributed by atoms with Crippen molar-refractivity contribution in [2.45, 2.75) is 19.6 Å². The monoisotopic (exact) mass is 463 g/mol. The number of nitrogens with zero attached hydrogens (tertiary/aromatic N) is 2. The van der Waals surface area contributed by atoms with Crippen LogP contribution in [0.4, 0.5) is 17.3 Å². The minimum Gasteiger partial charge on any atom is -0.438 e. The van der Waals surface area contributed by atoms with Gasteiger partial charge < -0.3 is 14.6 Å². The normalized spacial score (nSPS) is 10.9. The minimum absolute atomic E-state index is 0.0357. The van der Waals surface area contributed by atoms with Gasteiger partial charge in [-0.25, -0.2) is 0 Å². The van der Waals surface area contributed by atoms with Gasteiger partial charge >= 0.3 is 0 Å². The highest BCUT2D eigenvalue weighted by molar-refractivity contribution is 5.99. The summed E-state index contributed by atoms with van der Waals surface area (Å²) < 4.78 is 6.24. The molecule has 0 aliphatic rings. The molecule has 0 aliphatic carbocycles. The van der Waals surface area contributed by atoms with Gasteiger partial charge in [0.2, 0.25) is 5.88 Å². The fraction of sp³-hybridized carbons (Fsp3) is 0.103. The van der Waals surface area contributed by atoms with E-state index < -0.39 is 0 Å². The Balaban J connectivity index is 1.61. The molecule has 174 valence electrons. The van der Waals surface area contributed by atoms with Crippen molar-refractivity contribution in [3.63, 3.8) is 0 Å². The van der Waals surface area contributed by atoms with E-state index in [2.05, 4.69) is 34.5 Å². The van der Waals surface area contributed by atoms with Crippen LogP contribution < -0.4 is 10.2 Å². The second kappa shape index (κ2) is 10.1. The number of nitro benzene ring substituents is 1. The number of furan rings is 1. The second-order valence-electron chi connectivity index (χ2n) is 8.38. The van der Waals surface area contributed by atoms with Gasteiger partial charge in [0.05, 0.1) is 10.3 Å². The highest BCUT2D eigenvalue weighted by Gasteiger charge is 2.23. The number of nitro groups is 1. The van der Waals surface area contributed by atoms with E-state index in [1.807, 2.05) is 66.7 Å². The fourth-order valence-electron chi connectivity index (χ4n) is 4.22. The molecule has 6 heteroatoms. The SMILES string of the molecule is O=[N+]([O-])c1ccc2oc(NCc3ccccc3)c(N(Cc3ccccc3)Cc3ccccc3)c2c1. The van der Waals surface area contributed by atoms with E-state index >= 15 is 0 Å². The Kier molecular flexibility index (Phi) is 6.44. The van der Waals surface area contributed by atoms with Gasteiger partial charge in [-0.15, -0.1) is 0 Å². The molecule has 1 N–H and O–H groups in total. The summed E-state index contributed by atoms with van der Waals surface area (Å²) in [6, 6.07) is 35.2. The molecule has 0 fully saturated rings. The maximum atomic E-state index is 11.6. The number of rotatable bonds is 9. The number of anilines is 2. The van der Waals surface area contributed by atoms with E-state index in [4.69, 9.17) is 4.42 Å². The van der Waals surface area contributed by atoms with Crippen LogP contribution >= 0.6 is 0 Å². The van der Waals surface area contributed by atoms with Crippen molar-refractivity contribution in [3.8, 4) is 0 Å². The van der Waals surface area contributed by atoms with Crippen molar-refractivity contribution in [1.82, 2.24) is 0 Å². The largest absolute Gasteiger partial charge is 0.438 e.